The van der Waals surface area contributed by atoms with Gasteiger partial charge in [0, 0.05) is 17.8 Å². The highest BCUT2D eigenvalue weighted by Gasteiger charge is 2.07. The molecule has 0 bridgehead atoms. The minimum Gasteiger partial charge on any atom is -0.497 e. The molecule has 3 aromatic rings. The predicted octanol–water partition coefficient (Wildman–Crippen LogP) is 3.30. The lowest BCUT2D eigenvalue weighted by atomic mass is 10.3. The lowest BCUT2D eigenvalue weighted by molar-refractivity contribution is 0.415. The Labute approximate surface area is 125 Å². The number of hydrogen-bond donors (Lipinski definition) is 1. The van der Waals surface area contributed by atoms with Crippen molar-refractivity contribution in [2.24, 2.45) is 0 Å². The fourth-order valence-corrected chi connectivity index (χ4v) is 1.90. The molecule has 0 saturated heterocycles. The molecule has 1 aromatic heterocycles. The van der Waals surface area contributed by atoms with Crippen LogP contribution in [0.25, 0.3) is 5.69 Å². The van der Waals surface area contributed by atoms with Gasteiger partial charge in [-0.15, -0.1) is 5.10 Å². The first-order valence-electron chi connectivity index (χ1n) is 6.44. The maximum Gasteiger partial charge on any atom is 0.246 e. The fraction of sp³-hybridized carbons (Fsp3) is 0.0667. The van der Waals surface area contributed by atoms with Gasteiger partial charge in [-0.3, -0.25) is 0 Å². The van der Waals surface area contributed by atoms with Gasteiger partial charge in [0.05, 0.1) is 12.8 Å². The first kappa shape index (κ1) is 14.0. The summed E-state index contributed by atoms with van der Waals surface area (Å²) in [6.07, 6.45) is 1.41. The molecule has 0 aliphatic carbocycles. The van der Waals surface area contributed by atoms with Gasteiger partial charge in [0.15, 0.2) is 11.6 Å². The summed E-state index contributed by atoms with van der Waals surface area (Å²) in [5.74, 6) is -0.808. The van der Waals surface area contributed by atoms with Crippen LogP contribution in [0.2, 0.25) is 0 Å². The zero-order valence-electron chi connectivity index (χ0n) is 11.6. The SMILES string of the molecule is COc1cccc(Nc2ncn(-c3ccc(F)c(F)c3)n2)c1. The highest BCUT2D eigenvalue weighted by atomic mass is 19.2. The number of rotatable bonds is 4. The van der Waals surface area contributed by atoms with Crippen molar-refractivity contribution >= 4 is 11.6 Å². The summed E-state index contributed by atoms with van der Waals surface area (Å²) < 4.78 is 32.7. The molecule has 0 saturated carbocycles. The Balaban J connectivity index is 1.82. The second-order valence-electron chi connectivity index (χ2n) is 4.47. The van der Waals surface area contributed by atoms with Crippen molar-refractivity contribution in [3.05, 3.63) is 60.4 Å². The van der Waals surface area contributed by atoms with Gasteiger partial charge in [-0.1, -0.05) is 6.07 Å². The summed E-state index contributed by atoms with van der Waals surface area (Å²) in [5.41, 5.74) is 1.13. The highest BCUT2D eigenvalue weighted by Crippen LogP contribution is 2.20. The molecule has 0 aliphatic heterocycles. The van der Waals surface area contributed by atoms with Crippen molar-refractivity contribution in [2.75, 3.05) is 12.4 Å². The zero-order chi connectivity index (χ0) is 15.5. The van der Waals surface area contributed by atoms with Crippen LogP contribution >= 0.6 is 0 Å². The van der Waals surface area contributed by atoms with Gasteiger partial charge >= 0.3 is 0 Å². The number of hydrogen-bond acceptors (Lipinski definition) is 4. The molecular formula is C15H12F2N4O. The number of nitrogens with one attached hydrogen (secondary N) is 1. The minimum atomic E-state index is -0.935. The van der Waals surface area contributed by atoms with E-state index in [-0.39, 0.29) is 0 Å². The van der Waals surface area contributed by atoms with E-state index in [1.165, 1.54) is 17.1 Å². The van der Waals surface area contributed by atoms with Gasteiger partial charge in [-0.25, -0.2) is 13.5 Å². The lowest BCUT2D eigenvalue weighted by Gasteiger charge is -2.04. The molecule has 0 fully saturated rings. The number of halogens is 2. The molecule has 5 nitrogen and oxygen atoms in total. The van der Waals surface area contributed by atoms with E-state index in [4.69, 9.17) is 4.74 Å². The van der Waals surface area contributed by atoms with Crippen LogP contribution in [-0.2, 0) is 0 Å². The molecule has 0 atom stereocenters. The molecule has 0 amide bonds. The average molecular weight is 302 g/mol. The second-order valence-corrected chi connectivity index (χ2v) is 4.47. The summed E-state index contributed by atoms with van der Waals surface area (Å²) in [6.45, 7) is 0. The smallest absolute Gasteiger partial charge is 0.246 e. The van der Waals surface area contributed by atoms with Gasteiger partial charge < -0.3 is 10.1 Å². The van der Waals surface area contributed by atoms with Gasteiger partial charge in [-0.2, -0.15) is 4.98 Å². The molecule has 22 heavy (non-hydrogen) atoms. The summed E-state index contributed by atoms with van der Waals surface area (Å²) in [4.78, 5) is 4.08. The van der Waals surface area contributed by atoms with Crippen LogP contribution in [0.5, 0.6) is 5.75 Å². The molecule has 112 valence electrons. The summed E-state index contributed by atoms with van der Waals surface area (Å²) in [6, 6.07) is 10.8. The van der Waals surface area contributed by atoms with E-state index < -0.39 is 11.6 Å². The van der Waals surface area contributed by atoms with Crippen molar-refractivity contribution in [2.45, 2.75) is 0 Å². The highest BCUT2D eigenvalue weighted by molar-refractivity contribution is 5.55. The van der Waals surface area contributed by atoms with E-state index in [0.29, 0.717) is 17.4 Å². The summed E-state index contributed by atoms with van der Waals surface area (Å²) in [7, 11) is 1.58. The van der Waals surface area contributed by atoms with E-state index in [2.05, 4.69) is 15.4 Å². The third-order valence-electron chi connectivity index (χ3n) is 2.99. The van der Waals surface area contributed by atoms with Crippen LogP contribution < -0.4 is 10.1 Å². The molecule has 7 heteroatoms. The molecule has 1 N–H and O–H groups in total. The molecule has 0 spiro atoms. The normalized spacial score (nSPS) is 10.5. The van der Waals surface area contributed by atoms with Crippen molar-refractivity contribution in [3.8, 4) is 11.4 Å². The van der Waals surface area contributed by atoms with Crippen molar-refractivity contribution in [1.29, 1.82) is 0 Å². The van der Waals surface area contributed by atoms with Crippen LogP contribution in [0.1, 0.15) is 0 Å². The molecule has 0 aliphatic rings. The van der Waals surface area contributed by atoms with Gasteiger partial charge in [-0.05, 0) is 24.3 Å². The maximum absolute atomic E-state index is 13.2. The van der Waals surface area contributed by atoms with Crippen molar-refractivity contribution in [3.63, 3.8) is 0 Å². The van der Waals surface area contributed by atoms with Crippen LogP contribution in [0.4, 0.5) is 20.4 Å². The Morgan fingerprint density at radius 1 is 1.09 bits per heavy atom. The number of nitrogens with zero attached hydrogens (tertiary/aromatic N) is 3. The molecule has 0 unspecified atom stereocenters. The maximum atomic E-state index is 13.2. The van der Waals surface area contributed by atoms with Crippen LogP contribution in [0.3, 0.4) is 0 Å². The first-order valence-corrected chi connectivity index (χ1v) is 6.44. The Morgan fingerprint density at radius 3 is 2.73 bits per heavy atom. The van der Waals surface area contributed by atoms with E-state index in [0.717, 1.165) is 17.8 Å². The van der Waals surface area contributed by atoms with Crippen LogP contribution in [0.15, 0.2) is 48.8 Å². The van der Waals surface area contributed by atoms with Gasteiger partial charge in [0.2, 0.25) is 5.95 Å². The third-order valence-corrected chi connectivity index (χ3v) is 2.99. The topological polar surface area (TPSA) is 52.0 Å². The Bertz CT molecular complexity index is 804. The number of ether oxygens (including phenoxy) is 1. The third kappa shape index (κ3) is 2.88. The Kier molecular flexibility index (Phi) is 3.69. The number of aromatic nitrogens is 3. The second kappa shape index (κ2) is 5.80. The van der Waals surface area contributed by atoms with Gasteiger partial charge in [0.1, 0.15) is 12.1 Å². The van der Waals surface area contributed by atoms with E-state index in [1.54, 1.807) is 13.2 Å². The zero-order valence-corrected chi connectivity index (χ0v) is 11.6. The quantitative estimate of drug-likeness (QED) is 0.803. The Hall–Kier alpha value is -2.96. The molecule has 2 aromatic carbocycles. The predicted molar refractivity (Wildman–Crippen MR) is 77.6 cm³/mol. The molecule has 1 heterocycles. The monoisotopic (exact) mass is 302 g/mol. The Morgan fingerprint density at radius 2 is 1.95 bits per heavy atom. The largest absolute Gasteiger partial charge is 0.497 e. The standard InChI is InChI=1S/C15H12F2N4O/c1-22-12-4-2-3-10(7-12)19-15-18-9-21(20-15)11-5-6-13(16)14(17)8-11/h2-9H,1H3,(H,19,20). The van der Waals surface area contributed by atoms with Gasteiger partial charge in [0.25, 0.3) is 0 Å². The van der Waals surface area contributed by atoms with E-state index in [9.17, 15) is 8.78 Å². The average Bonchev–Trinajstić information content (AvgIpc) is 2.98. The fourth-order valence-electron chi connectivity index (χ4n) is 1.90. The van der Waals surface area contributed by atoms with E-state index >= 15 is 0 Å². The minimum absolute atomic E-state index is 0.331. The number of methoxy groups -OCH3 is 1. The van der Waals surface area contributed by atoms with Crippen molar-refractivity contribution in [1.82, 2.24) is 14.8 Å². The van der Waals surface area contributed by atoms with Crippen LogP contribution in [-0.4, -0.2) is 21.9 Å². The number of anilines is 2. The summed E-state index contributed by atoms with van der Waals surface area (Å²) in [5, 5.41) is 7.17. The molecule has 3 rings (SSSR count). The molecule has 0 radical (unpaired) electrons. The lowest BCUT2D eigenvalue weighted by Crippen LogP contribution is -1.98. The van der Waals surface area contributed by atoms with Crippen LogP contribution in [0, 0.1) is 11.6 Å². The van der Waals surface area contributed by atoms with Crippen molar-refractivity contribution < 1.29 is 13.5 Å². The number of benzene rings is 2. The molecular weight excluding hydrogens is 290 g/mol. The van der Waals surface area contributed by atoms with E-state index in [1.807, 2.05) is 18.2 Å². The first-order chi connectivity index (χ1) is 10.7. The summed E-state index contributed by atoms with van der Waals surface area (Å²) >= 11 is 0.